The molecule has 1 aromatic carbocycles. The maximum absolute atomic E-state index is 13.1. The Morgan fingerprint density at radius 3 is 2.68 bits per heavy atom. The molecule has 6 nitrogen and oxygen atoms in total. The van der Waals surface area contributed by atoms with Crippen molar-refractivity contribution >= 4 is 11.7 Å². The molecule has 25 heavy (non-hydrogen) atoms. The highest BCUT2D eigenvalue weighted by molar-refractivity contribution is 5.94. The molecular weight excluding hydrogens is 321 g/mol. The van der Waals surface area contributed by atoms with Crippen LogP contribution in [0.4, 0.5) is 10.2 Å². The monoisotopic (exact) mass is 339 g/mol. The van der Waals surface area contributed by atoms with Crippen LogP contribution in [0.3, 0.4) is 0 Å². The summed E-state index contributed by atoms with van der Waals surface area (Å²) < 4.78 is 15.0. The highest BCUT2D eigenvalue weighted by Crippen LogP contribution is 2.11. The quantitative estimate of drug-likeness (QED) is 0.677. The Morgan fingerprint density at radius 2 is 1.92 bits per heavy atom. The number of anilines is 1. The molecule has 0 atom stereocenters. The van der Waals surface area contributed by atoms with Gasteiger partial charge < -0.3 is 15.2 Å². The molecule has 2 heterocycles. The lowest BCUT2D eigenvalue weighted by atomic mass is 10.2. The fraction of sp³-hybridized carbons (Fsp3) is 0.167. The predicted molar refractivity (Wildman–Crippen MR) is 93.3 cm³/mol. The Labute approximate surface area is 144 Å². The molecule has 0 aliphatic rings. The van der Waals surface area contributed by atoms with Gasteiger partial charge in [0.1, 0.15) is 23.3 Å². The number of rotatable bonds is 6. The van der Waals surface area contributed by atoms with Crippen LogP contribution in [0.2, 0.25) is 0 Å². The molecule has 2 aromatic heterocycles. The maximum atomic E-state index is 13.1. The number of carbonyl (C=O) groups excluding carboxylic acids is 1. The largest absolute Gasteiger partial charge is 0.368 e. The lowest BCUT2D eigenvalue weighted by Gasteiger charge is -2.10. The number of amides is 1. The minimum atomic E-state index is -0.431. The van der Waals surface area contributed by atoms with Gasteiger partial charge in [-0.1, -0.05) is 6.07 Å². The SMILES string of the molecule is Cc1nc(NCCNC(=O)c2cccc(F)c2)cc(-n2cccc2)n1. The molecule has 3 aromatic rings. The Balaban J connectivity index is 1.55. The summed E-state index contributed by atoms with van der Waals surface area (Å²) in [7, 11) is 0. The van der Waals surface area contributed by atoms with Gasteiger partial charge in [0.25, 0.3) is 5.91 Å². The average Bonchev–Trinajstić information content (AvgIpc) is 3.13. The summed E-state index contributed by atoms with van der Waals surface area (Å²) in [4.78, 5) is 20.7. The van der Waals surface area contributed by atoms with Gasteiger partial charge in [0.15, 0.2) is 0 Å². The van der Waals surface area contributed by atoms with Crippen molar-refractivity contribution in [2.45, 2.75) is 6.92 Å². The van der Waals surface area contributed by atoms with Gasteiger partial charge in [-0.3, -0.25) is 4.79 Å². The number of nitrogens with zero attached hydrogens (tertiary/aromatic N) is 3. The average molecular weight is 339 g/mol. The zero-order valence-electron chi connectivity index (χ0n) is 13.7. The molecule has 7 heteroatoms. The van der Waals surface area contributed by atoms with E-state index in [2.05, 4.69) is 20.6 Å². The first kappa shape index (κ1) is 16.6. The van der Waals surface area contributed by atoms with Crippen LogP contribution >= 0.6 is 0 Å². The van der Waals surface area contributed by atoms with Gasteiger partial charge in [-0.15, -0.1) is 0 Å². The zero-order chi connectivity index (χ0) is 17.6. The Bertz CT molecular complexity index is 864. The van der Waals surface area contributed by atoms with E-state index in [0.717, 1.165) is 5.82 Å². The molecule has 3 rings (SSSR count). The van der Waals surface area contributed by atoms with Crippen molar-refractivity contribution in [2.24, 2.45) is 0 Å². The highest BCUT2D eigenvalue weighted by Gasteiger charge is 2.06. The smallest absolute Gasteiger partial charge is 0.251 e. The van der Waals surface area contributed by atoms with Crippen molar-refractivity contribution in [3.8, 4) is 5.82 Å². The molecule has 0 bridgehead atoms. The van der Waals surface area contributed by atoms with Crippen molar-refractivity contribution in [2.75, 3.05) is 18.4 Å². The van der Waals surface area contributed by atoms with Crippen molar-refractivity contribution in [1.82, 2.24) is 19.9 Å². The molecular formula is C18H18FN5O. The Hall–Kier alpha value is -3.22. The van der Waals surface area contributed by atoms with Crippen molar-refractivity contribution < 1.29 is 9.18 Å². The van der Waals surface area contributed by atoms with Crippen LogP contribution in [0.25, 0.3) is 5.82 Å². The zero-order valence-corrected chi connectivity index (χ0v) is 13.7. The number of hydrogen-bond acceptors (Lipinski definition) is 4. The number of aryl methyl sites for hydroxylation is 1. The number of aromatic nitrogens is 3. The van der Waals surface area contributed by atoms with E-state index in [9.17, 15) is 9.18 Å². The van der Waals surface area contributed by atoms with E-state index < -0.39 is 5.82 Å². The minimum Gasteiger partial charge on any atom is -0.368 e. The molecule has 0 spiro atoms. The summed E-state index contributed by atoms with van der Waals surface area (Å²) in [6, 6.07) is 11.3. The molecule has 0 aliphatic carbocycles. The molecule has 0 saturated heterocycles. The third-order valence-electron chi connectivity index (χ3n) is 3.50. The normalized spacial score (nSPS) is 10.5. The van der Waals surface area contributed by atoms with E-state index in [4.69, 9.17) is 0 Å². The van der Waals surface area contributed by atoms with Gasteiger partial charge in [-0.25, -0.2) is 14.4 Å². The van der Waals surface area contributed by atoms with Gasteiger partial charge in [0, 0.05) is 37.1 Å². The van der Waals surface area contributed by atoms with Crippen molar-refractivity contribution in [3.05, 3.63) is 72.1 Å². The predicted octanol–water partition coefficient (Wildman–Crippen LogP) is 2.56. The first-order chi connectivity index (χ1) is 12.1. The second kappa shape index (κ2) is 7.57. The van der Waals surface area contributed by atoms with Gasteiger partial charge in [-0.2, -0.15) is 0 Å². The second-order valence-electron chi connectivity index (χ2n) is 5.44. The summed E-state index contributed by atoms with van der Waals surface area (Å²) in [5.41, 5.74) is 0.299. The first-order valence-corrected chi connectivity index (χ1v) is 7.88. The van der Waals surface area contributed by atoms with Gasteiger partial charge in [-0.05, 0) is 37.3 Å². The maximum Gasteiger partial charge on any atom is 0.251 e. The van der Waals surface area contributed by atoms with Crippen LogP contribution in [0.15, 0.2) is 54.9 Å². The summed E-state index contributed by atoms with van der Waals surface area (Å²) in [5.74, 6) is 1.35. The van der Waals surface area contributed by atoms with Crippen molar-refractivity contribution in [3.63, 3.8) is 0 Å². The van der Waals surface area contributed by atoms with E-state index >= 15 is 0 Å². The van der Waals surface area contributed by atoms with Crippen LogP contribution in [-0.2, 0) is 0 Å². The number of carbonyl (C=O) groups is 1. The molecule has 0 aliphatic heterocycles. The van der Waals surface area contributed by atoms with E-state index in [1.54, 1.807) is 6.07 Å². The van der Waals surface area contributed by atoms with Gasteiger partial charge in [0.2, 0.25) is 0 Å². The van der Waals surface area contributed by atoms with E-state index in [-0.39, 0.29) is 5.91 Å². The van der Waals surface area contributed by atoms with Crippen LogP contribution in [0.1, 0.15) is 16.2 Å². The van der Waals surface area contributed by atoms with Gasteiger partial charge in [0.05, 0.1) is 0 Å². The topological polar surface area (TPSA) is 71.8 Å². The number of nitrogens with one attached hydrogen (secondary N) is 2. The van der Waals surface area contributed by atoms with Crippen LogP contribution < -0.4 is 10.6 Å². The van der Waals surface area contributed by atoms with E-state index in [0.29, 0.717) is 30.3 Å². The molecule has 0 unspecified atom stereocenters. The summed E-state index contributed by atoms with van der Waals surface area (Å²) in [6.07, 6.45) is 3.82. The minimum absolute atomic E-state index is 0.299. The summed E-state index contributed by atoms with van der Waals surface area (Å²) in [5, 5.41) is 5.89. The second-order valence-corrected chi connectivity index (χ2v) is 5.44. The van der Waals surface area contributed by atoms with Crippen LogP contribution in [0.5, 0.6) is 0 Å². The number of benzene rings is 1. The molecule has 0 saturated carbocycles. The van der Waals surface area contributed by atoms with Crippen LogP contribution in [0, 0.1) is 12.7 Å². The van der Waals surface area contributed by atoms with Crippen molar-refractivity contribution in [1.29, 1.82) is 0 Å². The highest BCUT2D eigenvalue weighted by atomic mass is 19.1. The Morgan fingerprint density at radius 1 is 1.12 bits per heavy atom. The summed E-state index contributed by atoms with van der Waals surface area (Å²) >= 11 is 0. The molecule has 0 radical (unpaired) electrons. The Kier molecular flexibility index (Phi) is 5.03. The summed E-state index contributed by atoms with van der Waals surface area (Å²) in [6.45, 7) is 2.70. The van der Waals surface area contributed by atoms with Crippen LogP contribution in [-0.4, -0.2) is 33.5 Å². The third kappa shape index (κ3) is 4.41. The molecule has 0 fully saturated rings. The number of halogens is 1. The molecule has 128 valence electrons. The standard InChI is InChI=1S/C18H18FN5O/c1-13-22-16(12-17(23-13)24-9-2-3-10-24)20-7-8-21-18(25)14-5-4-6-15(19)11-14/h2-6,9-12H,7-8H2,1H3,(H,21,25)(H,20,22,23). The first-order valence-electron chi connectivity index (χ1n) is 7.88. The third-order valence-corrected chi connectivity index (χ3v) is 3.50. The number of hydrogen-bond donors (Lipinski definition) is 2. The fourth-order valence-corrected chi connectivity index (χ4v) is 2.36. The van der Waals surface area contributed by atoms with E-state index in [1.165, 1.54) is 18.2 Å². The fourth-order valence-electron chi connectivity index (χ4n) is 2.36. The molecule has 2 N–H and O–H groups in total. The lowest BCUT2D eigenvalue weighted by molar-refractivity contribution is 0.0954. The molecule has 1 amide bonds. The lowest BCUT2D eigenvalue weighted by Crippen LogP contribution is -2.29. The van der Waals surface area contributed by atoms with Gasteiger partial charge >= 0.3 is 0 Å². The van der Waals surface area contributed by atoms with E-state index in [1.807, 2.05) is 42.1 Å².